The number of carbonyl (C=O) groups excluding carboxylic acids is 1. The highest BCUT2D eigenvalue weighted by molar-refractivity contribution is 6.17. The van der Waals surface area contributed by atoms with Crippen molar-refractivity contribution in [2.24, 2.45) is 5.92 Å². The molecule has 1 saturated carbocycles. The third-order valence-electron chi connectivity index (χ3n) is 2.87. The van der Waals surface area contributed by atoms with E-state index in [-0.39, 0.29) is 6.03 Å². The van der Waals surface area contributed by atoms with E-state index in [1.807, 2.05) is 0 Å². The summed E-state index contributed by atoms with van der Waals surface area (Å²) in [6, 6.07) is -0.0503. The quantitative estimate of drug-likeness (QED) is 0.555. The Morgan fingerprint density at radius 1 is 1.20 bits per heavy atom. The van der Waals surface area contributed by atoms with Gasteiger partial charge in [0, 0.05) is 19.0 Å². The maximum Gasteiger partial charge on any atom is 0.314 e. The zero-order chi connectivity index (χ0) is 10.9. The van der Waals surface area contributed by atoms with Gasteiger partial charge in [0.25, 0.3) is 0 Å². The van der Waals surface area contributed by atoms with Crippen LogP contribution in [0.5, 0.6) is 0 Å². The first-order chi connectivity index (χ1) is 7.33. The Labute approximate surface area is 96.9 Å². The molecule has 15 heavy (non-hydrogen) atoms. The van der Waals surface area contributed by atoms with Gasteiger partial charge in [0.2, 0.25) is 0 Å². The molecule has 0 spiro atoms. The molecule has 0 aliphatic heterocycles. The van der Waals surface area contributed by atoms with Gasteiger partial charge < -0.3 is 10.6 Å². The van der Waals surface area contributed by atoms with Crippen molar-refractivity contribution in [1.82, 2.24) is 10.6 Å². The third kappa shape index (κ3) is 5.88. The summed E-state index contributed by atoms with van der Waals surface area (Å²) in [6.07, 6.45) is 7.36. The molecule has 2 amide bonds. The largest absolute Gasteiger partial charge is 0.338 e. The van der Waals surface area contributed by atoms with Gasteiger partial charge in [-0.05, 0) is 25.2 Å². The van der Waals surface area contributed by atoms with Crippen LogP contribution < -0.4 is 10.6 Å². The summed E-state index contributed by atoms with van der Waals surface area (Å²) in [5.41, 5.74) is 0. The molecule has 0 aromatic heterocycles. The number of alkyl halides is 1. The fourth-order valence-electron chi connectivity index (χ4n) is 1.96. The van der Waals surface area contributed by atoms with E-state index in [1.54, 1.807) is 0 Å². The summed E-state index contributed by atoms with van der Waals surface area (Å²) in [6.45, 7) is 1.49. The third-order valence-corrected chi connectivity index (χ3v) is 3.14. The minimum Gasteiger partial charge on any atom is -0.338 e. The molecule has 0 unspecified atom stereocenters. The molecule has 0 heterocycles. The minimum atomic E-state index is -0.0503. The van der Waals surface area contributed by atoms with Gasteiger partial charge >= 0.3 is 6.03 Å². The number of halogens is 1. The molecule has 1 aliphatic rings. The molecule has 0 radical (unpaired) electrons. The van der Waals surface area contributed by atoms with Crippen LogP contribution in [0, 0.1) is 5.92 Å². The number of hydrogen-bond acceptors (Lipinski definition) is 1. The van der Waals surface area contributed by atoms with Crippen molar-refractivity contribution in [3.63, 3.8) is 0 Å². The summed E-state index contributed by atoms with van der Waals surface area (Å²) < 4.78 is 0. The molecule has 0 bridgehead atoms. The molecule has 0 saturated heterocycles. The fourth-order valence-corrected chi connectivity index (χ4v) is 2.09. The SMILES string of the molecule is O=C(NCCCCl)NCC1CCCCC1. The number of urea groups is 1. The first-order valence-corrected chi connectivity index (χ1v) is 6.44. The molecule has 88 valence electrons. The van der Waals surface area contributed by atoms with Crippen molar-refractivity contribution in [1.29, 1.82) is 0 Å². The van der Waals surface area contributed by atoms with E-state index in [0.717, 1.165) is 13.0 Å². The van der Waals surface area contributed by atoms with Gasteiger partial charge in [-0.1, -0.05) is 19.3 Å². The van der Waals surface area contributed by atoms with E-state index in [4.69, 9.17) is 11.6 Å². The van der Waals surface area contributed by atoms with Crippen molar-refractivity contribution in [3.8, 4) is 0 Å². The van der Waals surface area contributed by atoms with Crippen molar-refractivity contribution < 1.29 is 4.79 Å². The summed E-state index contributed by atoms with van der Waals surface area (Å²) >= 11 is 5.51. The molecule has 1 rings (SSSR count). The van der Waals surface area contributed by atoms with E-state index in [9.17, 15) is 4.79 Å². The van der Waals surface area contributed by atoms with Crippen LogP contribution in [0.1, 0.15) is 38.5 Å². The predicted octanol–water partition coefficient (Wildman–Crippen LogP) is 2.49. The second kappa shape index (κ2) is 7.80. The Morgan fingerprint density at radius 3 is 2.60 bits per heavy atom. The number of hydrogen-bond donors (Lipinski definition) is 2. The Balaban J connectivity index is 2.00. The van der Waals surface area contributed by atoms with Crippen LogP contribution in [-0.4, -0.2) is 25.0 Å². The Hall–Kier alpha value is -0.440. The molecule has 0 aromatic rings. The van der Waals surface area contributed by atoms with Crippen molar-refractivity contribution in [2.75, 3.05) is 19.0 Å². The van der Waals surface area contributed by atoms with Crippen LogP contribution in [0.15, 0.2) is 0 Å². The summed E-state index contributed by atoms with van der Waals surface area (Å²) in [7, 11) is 0. The maximum absolute atomic E-state index is 11.3. The average molecular weight is 233 g/mol. The van der Waals surface area contributed by atoms with Crippen LogP contribution in [0.25, 0.3) is 0 Å². The molecule has 0 atom stereocenters. The van der Waals surface area contributed by atoms with Crippen LogP contribution in [-0.2, 0) is 0 Å². The molecular formula is C11H21ClN2O. The topological polar surface area (TPSA) is 41.1 Å². The highest BCUT2D eigenvalue weighted by atomic mass is 35.5. The van der Waals surface area contributed by atoms with Crippen molar-refractivity contribution >= 4 is 17.6 Å². The van der Waals surface area contributed by atoms with Crippen LogP contribution in [0.2, 0.25) is 0 Å². The molecular weight excluding hydrogens is 212 g/mol. The van der Waals surface area contributed by atoms with Gasteiger partial charge in [0.05, 0.1) is 0 Å². The summed E-state index contributed by atoms with van der Waals surface area (Å²) in [5, 5.41) is 5.71. The standard InChI is InChI=1S/C11H21ClN2O/c12-7-4-8-13-11(15)14-9-10-5-2-1-3-6-10/h10H,1-9H2,(H2,13,14,15). The number of carbonyl (C=O) groups is 1. The van der Waals surface area contributed by atoms with Gasteiger partial charge in [-0.2, -0.15) is 0 Å². The maximum atomic E-state index is 11.3. The second-order valence-electron chi connectivity index (χ2n) is 4.18. The number of amides is 2. The molecule has 1 aliphatic carbocycles. The minimum absolute atomic E-state index is 0.0503. The van der Waals surface area contributed by atoms with E-state index in [0.29, 0.717) is 18.3 Å². The van der Waals surface area contributed by atoms with Crippen LogP contribution in [0.4, 0.5) is 4.79 Å². The zero-order valence-electron chi connectivity index (χ0n) is 9.23. The molecule has 1 fully saturated rings. The fraction of sp³-hybridized carbons (Fsp3) is 0.909. The monoisotopic (exact) mass is 232 g/mol. The van der Waals surface area contributed by atoms with Gasteiger partial charge in [-0.15, -0.1) is 11.6 Å². The van der Waals surface area contributed by atoms with E-state index >= 15 is 0 Å². The highest BCUT2D eigenvalue weighted by Crippen LogP contribution is 2.22. The lowest BCUT2D eigenvalue weighted by molar-refractivity contribution is 0.236. The second-order valence-corrected chi connectivity index (χ2v) is 4.56. The average Bonchev–Trinajstić information content (AvgIpc) is 2.28. The molecule has 2 N–H and O–H groups in total. The number of rotatable bonds is 5. The van der Waals surface area contributed by atoms with E-state index in [1.165, 1.54) is 32.1 Å². The van der Waals surface area contributed by atoms with Crippen molar-refractivity contribution in [2.45, 2.75) is 38.5 Å². The van der Waals surface area contributed by atoms with Gasteiger partial charge in [-0.3, -0.25) is 0 Å². The highest BCUT2D eigenvalue weighted by Gasteiger charge is 2.13. The lowest BCUT2D eigenvalue weighted by Crippen LogP contribution is -2.39. The Kier molecular flexibility index (Phi) is 6.57. The van der Waals surface area contributed by atoms with E-state index < -0.39 is 0 Å². The zero-order valence-corrected chi connectivity index (χ0v) is 9.98. The summed E-state index contributed by atoms with van der Waals surface area (Å²) in [5.74, 6) is 1.29. The lowest BCUT2D eigenvalue weighted by atomic mass is 9.89. The van der Waals surface area contributed by atoms with Gasteiger partial charge in [0.1, 0.15) is 0 Å². The Morgan fingerprint density at radius 2 is 1.93 bits per heavy atom. The lowest BCUT2D eigenvalue weighted by Gasteiger charge is -2.21. The Bertz CT molecular complexity index is 181. The number of nitrogens with one attached hydrogen (secondary N) is 2. The van der Waals surface area contributed by atoms with Crippen LogP contribution >= 0.6 is 11.6 Å². The summed E-state index contributed by atoms with van der Waals surface area (Å²) in [4.78, 5) is 11.3. The van der Waals surface area contributed by atoms with Gasteiger partial charge in [-0.25, -0.2) is 4.79 Å². The first-order valence-electron chi connectivity index (χ1n) is 5.90. The normalized spacial score (nSPS) is 17.4. The van der Waals surface area contributed by atoms with E-state index in [2.05, 4.69) is 10.6 Å². The predicted molar refractivity (Wildman–Crippen MR) is 63.3 cm³/mol. The first kappa shape index (κ1) is 12.6. The van der Waals surface area contributed by atoms with Crippen LogP contribution in [0.3, 0.4) is 0 Å². The van der Waals surface area contributed by atoms with Gasteiger partial charge in [0.15, 0.2) is 0 Å². The molecule has 4 heteroatoms. The molecule has 0 aromatic carbocycles. The van der Waals surface area contributed by atoms with Crippen molar-refractivity contribution in [3.05, 3.63) is 0 Å². The molecule has 3 nitrogen and oxygen atoms in total. The smallest absolute Gasteiger partial charge is 0.314 e.